The molecule has 6 rings (SSSR count). The Morgan fingerprint density at radius 3 is 2.77 bits per heavy atom. The quantitative estimate of drug-likeness (QED) is 0.659. The normalized spacial score (nSPS) is 20.3. The summed E-state index contributed by atoms with van der Waals surface area (Å²) in [5.41, 5.74) is 2.26. The molecule has 30 heavy (non-hydrogen) atoms. The van der Waals surface area contributed by atoms with Crippen LogP contribution in [0.4, 0.5) is 0 Å². The van der Waals surface area contributed by atoms with Gasteiger partial charge in [-0.15, -0.1) is 0 Å². The van der Waals surface area contributed by atoms with Crippen molar-refractivity contribution in [1.29, 1.82) is 0 Å². The Bertz CT molecular complexity index is 1070. The van der Waals surface area contributed by atoms with Crippen molar-refractivity contribution in [2.24, 2.45) is 0 Å². The molecule has 1 saturated carbocycles. The minimum absolute atomic E-state index is 0.000720. The van der Waals surface area contributed by atoms with Crippen LogP contribution in [-0.2, 0) is 17.7 Å². The van der Waals surface area contributed by atoms with Gasteiger partial charge in [0.1, 0.15) is 11.3 Å². The van der Waals surface area contributed by atoms with Crippen LogP contribution < -0.4 is 0 Å². The van der Waals surface area contributed by atoms with Gasteiger partial charge in [-0.25, -0.2) is 19.6 Å². The summed E-state index contributed by atoms with van der Waals surface area (Å²) in [4.78, 5) is 28.8. The van der Waals surface area contributed by atoms with Crippen LogP contribution >= 0.6 is 0 Å². The topological polar surface area (TPSA) is 91.0 Å². The van der Waals surface area contributed by atoms with E-state index in [1.54, 1.807) is 6.20 Å². The van der Waals surface area contributed by atoms with Crippen LogP contribution in [0.25, 0.3) is 11.2 Å². The molecule has 0 radical (unpaired) electrons. The first kappa shape index (κ1) is 18.0. The molecule has 2 fully saturated rings. The highest BCUT2D eigenvalue weighted by atomic mass is 16.5. The molecule has 1 aliphatic carbocycles. The van der Waals surface area contributed by atoms with Crippen molar-refractivity contribution in [2.45, 2.75) is 50.6 Å². The van der Waals surface area contributed by atoms with Gasteiger partial charge in [0.15, 0.2) is 11.5 Å². The first-order chi connectivity index (χ1) is 14.8. The van der Waals surface area contributed by atoms with Crippen LogP contribution in [0, 0.1) is 0 Å². The summed E-state index contributed by atoms with van der Waals surface area (Å²) in [5.74, 6) is 2.31. The first-order valence-corrected chi connectivity index (χ1v) is 10.9. The second-order valence-electron chi connectivity index (χ2n) is 8.49. The Labute approximate surface area is 174 Å². The van der Waals surface area contributed by atoms with Crippen molar-refractivity contribution in [1.82, 2.24) is 34.2 Å². The second-order valence-corrected chi connectivity index (χ2v) is 8.49. The van der Waals surface area contributed by atoms with E-state index in [9.17, 15) is 4.79 Å². The van der Waals surface area contributed by atoms with Gasteiger partial charge in [-0.1, -0.05) is 0 Å². The number of carbonyl (C=O) groups is 1. The van der Waals surface area contributed by atoms with Gasteiger partial charge in [-0.05, 0) is 31.7 Å². The number of pyridine rings is 1. The summed E-state index contributed by atoms with van der Waals surface area (Å²) < 4.78 is 9.56. The number of aromatic nitrogens is 6. The van der Waals surface area contributed by atoms with Crippen LogP contribution in [0.2, 0.25) is 0 Å². The molecule has 156 valence electrons. The van der Waals surface area contributed by atoms with Crippen molar-refractivity contribution in [3.63, 3.8) is 0 Å². The lowest BCUT2D eigenvalue weighted by Crippen LogP contribution is -2.33. The maximum Gasteiger partial charge on any atom is 0.255 e. The van der Waals surface area contributed by atoms with E-state index in [1.165, 1.54) is 12.8 Å². The zero-order valence-electron chi connectivity index (χ0n) is 16.9. The van der Waals surface area contributed by atoms with Crippen molar-refractivity contribution >= 4 is 17.1 Å². The third kappa shape index (κ3) is 3.17. The summed E-state index contributed by atoms with van der Waals surface area (Å²) in [5, 5.41) is 4.75. The average Bonchev–Trinajstić information content (AvgIpc) is 3.47. The predicted molar refractivity (Wildman–Crippen MR) is 108 cm³/mol. The zero-order valence-corrected chi connectivity index (χ0v) is 16.9. The molecule has 0 aromatic carbocycles. The average molecular weight is 407 g/mol. The minimum Gasteiger partial charge on any atom is -0.381 e. The molecule has 5 heterocycles. The van der Waals surface area contributed by atoms with Gasteiger partial charge in [0.05, 0.1) is 18.4 Å². The molecule has 3 aromatic heterocycles. The Balaban J connectivity index is 1.17. The minimum atomic E-state index is 0.000720. The fourth-order valence-corrected chi connectivity index (χ4v) is 4.49. The molecule has 1 amide bonds. The van der Waals surface area contributed by atoms with Crippen molar-refractivity contribution in [3.05, 3.63) is 35.8 Å². The van der Waals surface area contributed by atoms with E-state index in [2.05, 4.69) is 14.5 Å². The van der Waals surface area contributed by atoms with Gasteiger partial charge in [0.2, 0.25) is 0 Å². The molecular formula is C21H25N7O2. The van der Waals surface area contributed by atoms with Crippen molar-refractivity contribution < 1.29 is 9.53 Å². The van der Waals surface area contributed by atoms with Crippen LogP contribution in [-0.4, -0.2) is 66.4 Å². The summed E-state index contributed by atoms with van der Waals surface area (Å²) >= 11 is 0. The molecule has 0 N–H and O–H groups in total. The number of fused-ring (bicyclic) bond motifs is 2. The summed E-state index contributed by atoms with van der Waals surface area (Å²) in [6, 6.07) is 2.39. The molecule has 3 aliphatic rings. The first-order valence-electron chi connectivity index (χ1n) is 10.9. The van der Waals surface area contributed by atoms with Gasteiger partial charge in [0.25, 0.3) is 5.91 Å². The van der Waals surface area contributed by atoms with E-state index in [-0.39, 0.29) is 5.91 Å². The third-order valence-corrected chi connectivity index (χ3v) is 6.43. The van der Waals surface area contributed by atoms with Crippen molar-refractivity contribution in [3.8, 4) is 0 Å². The maximum atomic E-state index is 13.1. The summed E-state index contributed by atoms with van der Waals surface area (Å²) in [6.45, 7) is 3.50. The SMILES string of the molecule is O=C(c1cnc2c(c1)ncn2C1CC1)N1CCc2nc(C3CCOCC3)nn2CC1. The third-order valence-electron chi connectivity index (χ3n) is 6.43. The van der Waals surface area contributed by atoms with Gasteiger partial charge in [-0.3, -0.25) is 4.79 Å². The molecule has 1 saturated heterocycles. The number of rotatable bonds is 3. The van der Waals surface area contributed by atoms with Gasteiger partial charge in [-0.2, -0.15) is 5.10 Å². The van der Waals surface area contributed by atoms with Crippen LogP contribution in [0.3, 0.4) is 0 Å². The standard InChI is InChI=1S/C21H25N7O2/c29-21(15-11-17-20(22-12-15)27(13-23-17)16-1-2-16)26-6-3-18-24-19(25-28(18)8-7-26)14-4-9-30-10-5-14/h11-14,16H,1-10H2. The monoisotopic (exact) mass is 407 g/mol. The highest BCUT2D eigenvalue weighted by Crippen LogP contribution is 2.36. The number of nitrogens with zero attached hydrogens (tertiary/aromatic N) is 7. The number of hydrogen-bond donors (Lipinski definition) is 0. The van der Waals surface area contributed by atoms with Gasteiger partial charge in [0, 0.05) is 50.9 Å². The highest BCUT2D eigenvalue weighted by Gasteiger charge is 2.28. The fourth-order valence-electron chi connectivity index (χ4n) is 4.49. The molecule has 0 spiro atoms. The van der Waals surface area contributed by atoms with E-state index >= 15 is 0 Å². The smallest absolute Gasteiger partial charge is 0.255 e. The molecule has 2 aliphatic heterocycles. The number of carbonyl (C=O) groups excluding carboxylic acids is 1. The van der Waals surface area contributed by atoms with E-state index in [1.807, 2.05) is 22.0 Å². The largest absolute Gasteiger partial charge is 0.381 e. The molecule has 9 heteroatoms. The molecular weight excluding hydrogens is 382 g/mol. The predicted octanol–water partition coefficient (Wildman–Crippen LogP) is 1.95. The zero-order chi connectivity index (χ0) is 20.1. The van der Waals surface area contributed by atoms with E-state index < -0.39 is 0 Å². The van der Waals surface area contributed by atoms with E-state index in [4.69, 9.17) is 14.8 Å². The summed E-state index contributed by atoms with van der Waals surface area (Å²) in [7, 11) is 0. The lowest BCUT2D eigenvalue weighted by molar-refractivity contribution is 0.0756. The molecule has 0 atom stereocenters. The van der Waals surface area contributed by atoms with Crippen molar-refractivity contribution in [2.75, 3.05) is 26.3 Å². The Kier molecular flexibility index (Phi) is 4.29. The van der Waals surface area contributed by atoms with Crippen LogP contribution in [0.1, 0.15) is 59.6 Å². The van der Waals surface area contributed by atoms with E-state index in [0.717, 1.165) is 48.9 Å². The lowest BCUT2D eigenvalue weighted by atomic mass is 10.00. The molecule has 0 unspecified atom stereocenters. The highest BCUT2D eigenvalue weighted by molar-refractivity contribution is 5.96. The Morgan fingerprint density at radius 1 is 1.07 bits per heavy atom. The number of amides is 1. The number of imidazole rings is 1. The molecule has 0 bridgehead atoms. The van der Waals surface area contributed by atoms with Gasteiger partial charge >= 0.3 is 0 Å². The van der Waals surface area contributed by atoms with E-state index in [0.29, 0.717) is 43.6 Å². The lowest BCUT2D eigenvalue weighted by Gasteiger charge is -2.20. The van der Waals surface area contributed by atoms with Crippen LogP contribution in [0.15, 0.2) is 18.6 Å². The Morgan fingerprint density at radius 2 is 1.93 bits per heavy atom. The Hall–Kier alpha value is -2.81. The molecule has 3 aromatic rings. The maximum absolute atomic E-state index is 13.1. The summed E-state index contributed by atoms with van der Waals surface area (Å²) in [6.07, 6.45) is 8.59. The number of ether oxygens (including phenoxy) is 1. The fraction of sp³-hybridized carbons (Fsp3) is 0.571. The molecule has 9 nitrogen and oxygen atoms in total. The second kappa shape index (κ2) is 7.16. The number of hydrogen-bond acceptors (Lipinski definition) is 6. The van der Waals surface area contributed by atoms with Crippen LogP contribution in [0.5, 0.6) is 0 Å². The van der Waals surface area contributed by atoms with Gasteiger partial charge < -0.3 is 14.2 Å².